The summed E-state index contributed by atoms with van der Waals surface area (Å²) in [6, 6.07) is 1.77. The molecule has 1 heterocycles. The van der Waals surface area contributed by atoms with Gasteiger partial charge in [0.05, 0.1) is 0 Å². The lowest BCUT2D eigenvalue weighted by Gasteiger charge is -2.26. The van der Waals surface area contributed by atoms with Gasteiger partial charge in [-0.15, -0.1) is 0 Å². The van der Waals surface area contributed by atoms with Crippen LogP contribution in [0, 0.1) is 0 Å². The molecule has 5 N–H and O–H groups in total. The summed E-state index contributed by atoms with van der Waals surface area (Å²) >= 11 is 0. The maximum atomic E-state index is 8.93. The summed E-state index contributed by atoms with van der Waals surface area (Å²) < 4.78 is 0. The monoisotopic (exact) mass is 225 g/mol. The Morgan fingerprint density at radius 2 is 2.00 bits per heavy atom. The first kappa shape index (κ1) is 12.5. The quantitative estimate of drug-likeness (QED) is 0.588. The molecule has 6 nitrogen and oxygen atoms in total. The first-order valence-electron chi connectivity index (χ1n) is 5.18. The van der Waals surface area contributed by atoms with Crippen molar-refractivity contribution < 1.29 is 5.11 Å². The van der Waals surface area contributed by atoms with E-state index in [0.717, 1.165) is 0 Å². The first-order chi connectivity index (χ1) is 7.46. The maximum Gasteiger partial charge on any atom is 0.223 e. The van der Waals surface area contributed by atoms with Gasteiger partial charge in [0.25, 0.3) is 0 Å². The van der Waals surface area contributed by atoms with Gasteiger partial charge in [-0.2, -0.15) is 9.97 Å². The Hall–Kier alpha value is -1.56. The molecule has 0 atom stereocenters. The molecule has 0 aliphatic heterocycles. The molecule has 0 aliphatic rings. The molecule has 1 rings (SSSR count). The molecule has 0 bridgehead atoms. The summed E-state index contributed by atoms with van der Waals surface area (Å²) in [5, 5.41) is 15.0. The Labute approximate surface area is 95.3 Å². The van der Waals surface area contributed by atoms with Crippen LogP contribution in [0.25, 0.3) is 0 Å². The minimum atomic E-state index is -0.236. The molecule has 0 aromatic carbocycles. The standard InChI is InChI=1S/C10H19N5O/c1-10(2,4-5-16)15-8-6-7(12-3)13-9(11)14-8/h6,16H,4-5H2,1-3H3,(H4,11,12,13,14,15). The second kappa shape index (κ2) is 4.98. The third-order valence-electron chi connectivity index (χ3n) is 2.20. The van der Waals surface area contributed by atoms with Crippen LogP contribution in [-0.4, -0.2) is 34.3 Å². The van der Waals surface area contributed by atoms with Gasteiger partial charge in [0.2, 0.25) is 5.95 Å². The smallest absolute Gasteiger partial charge is 0.223 e. The summed E-state index contributed by atoms with van der Waals surface area (Å²) in [6.45, 7) is 4.10. The van der Waals surface area contributed by atoms with E-state index in [2.05, 4.69) is 20.6 Å². The minimum Gasteiger partial charge on any atom is -0.396 e. The zero-order valence-corrected chi connectivity index (χ0v) is 9.91. The Morgan fingerprint density at radius 3 is 2.56 bits per heavy atom. The SMILES string of the molecule is CNc1cc(NC(C)(C)CCO)nc(N)n1. The zero-order chi connectivity index (χ0) is 12.2. The van der Waals surface area contributed by atoms with Crippen molar-refractivity contribution in [1.82, 2.24) is 9.97 Å². The highest BCUT2D eigenvalue weighted by atomic mass is 16.3. The fourth-order valence-electron chi connectivity index (χ4n) is 1.35. The number of aliphatic hydroxyl groups excluding tert-OH is 1. The Balaban J connectivity index is 2.84. The molecule has 1 aromatic rings. The number of anilines is 3. The normalized spacial score (nSPS) is 11.2. The lowest BCUT2D eigenvalue weighted by Crippen LogP contribution is -2.32. The van der Waals surface area contributed by atoms with Crippen molar-refractivity contribution in [2.24, 2.45) is 0 Å². The van der Waals surface area contributed by atoms with Crippen molar-refractivity contribution in [1.29, 1.82) is 0 Å². The van der Waals surface area contributed by atoms with E-state index in [1.807, 2.05) is 13.8 Å². The van der Waals surface area contributed by atoms with E-state index < -0.39 is 0 Å². The van der Waals surface area contributed by atoms with Gasteiger partial charge in [0.1, 0.15) is 11.6 Å². The van der Waals surface area contributed by atoms with Crippen LogP contribution in [0.4, 0.5) is 17.6 Å². The van der Waals surface area contributed by atoms with Gasteiger partial charge < -0.3 is 21.5 Å². The molecular formula is C10H19N5O. The minimum absolute atomic E-state index is 0.124. The number of rotatable bonds is 5. The van der Waals surface area contributed by atoms with E-state index in [9.17, 15) is 0 Å². The fraction of sp³-hybridized carbons (Fsp3) is 0.600. The fourth-order valence-corrected chi connectivity index (χ4v) is 1.35. The molecule has 0 saturated carbocycles. The molecule has 0 aliphatic carbocycles. The summed E-state index contributed by atoms with van der Waals surface area (Å²) in [5.41, 5.74) is 5.34. The number of hydrogen-bond donors (Lipinski definition) is 4. The van der Waals surface area contributed by atoms with E-state index in [4.69, 9.17) is 10.8 Å². The topological polar surface area (TPSA) is 96.1 Å². The number of nitrogens with zero attached hydrogens (tertiary/aromatic N) is 2. The average molecular weight is 225 g/mol. The Morgan fingerprint density at radius 1 is 1.38 bits per heavy atom. The van der Waals surface area contributed by atoms with Crippen molar-refractivity contribution >= 4 is 17.6 Å². The number of aromatic nitrogens is 2. The van der Waals surface area contributed by atoms with Crippen molar-refractivity contribution in [2.45, 2.75) is 25.8 Å². The Bertz CT molecular complexity index is 353. The van der Waals surface area contributed by atoms with E-state index in [1.165, 1.54) is 0 Å². The van der Waals surface area contributed by atoms with Gasteiger partial charge in [0, 0.05) is 25.3 Å². The highest BCUT2D eigenvalue weighted by molar-refractivity contribution is 5.51. The van der Waals surface area contributed by atoms with Crippen LogP contribution in [0.3, 0.4) is 0 Å². The van der Waals surface area contributed by atoms with Crippen LogP contribution in [0.2, 0.25) is 0 Å². The average Bonchev–Trinajstić information content (AvgIpc) is 2.15. The number of hydrogen-bond acceptors (Lipinski definition) is 6. The van der Waals surface area contributed by atoms with Gasteiger partial charge in [0.15, 0.2) is 0 Å². The third-order valence-corrected chi connectivity index (χ3v) is 2.20. The maximum absolute atomic E-state index is 8.93. The zero-order valence-electron chi connectivity index (χ0n) is 9.91. The van der Waals surface area contributed by atoms with Crippen LogP contribution < -0.4 is 16.4 Å². The largest absolute Gasteiger partial charge is 0.396 e. The van der Waals surface area contributed by atoms with E-state index >= 15 is 0 Å². The Kier molecular flexibility index (Phi) is 3.89. The van der Waals surface area contributed by atoms with Crippen molar-refractivity contribution in [2.75, 3.05) is 30.0 Å². The van der Waals surface area contributed by atoms with Crippen LogP contribution in [0.1, 0.15) is 20.3 Å². The third kappa shape index (κ3) is 3.54. The molecule has 0 spiro atoms. The van der Waals surface area contributed by atoms with E-state index in [-0.39, 0.29) is 18.1 Å². The van der Waals surface area contributed by atoms with Crippen LogP contribution in [-0.2, 0) is 0 Å². The molecule has 0 fully saturated rings. The van der Waals surface area contributed by atoms with Crippen molar-refractivity contribution in [3.05, 3.63) is 6.07 Å². The van der Waals surface area contributed by atoms with Crippen LogP contribution in [0.5, 0.6) is 0 Å². The number of nitrogen functional groups attached to an aromatic ring is 1. The van der Waals surface area contributed by atoms with E-state index in [0.29, 0.717) is 18.1 Å². The molecule has 0 radical (unpaired) electrons. The van der Waals surface area contributed by atoms with Crippen molar-refractivity contribution in [3.63, 3.8) is 0 Å². The molecule has 0 saturated heterocycles. The lowest BCUT2D eigenvalue weighted by atomic mass is 10.0. The second-order valence-electron chi connectivity index (χ2n) is 4.23. The van der Waals surface area contributed by atoms with Gasteiger partial charge in [-0.3, -0.25) is 0 Å². The first-order valence-corrected chi connectivity index (χ1v) is 5.18. The van der Waals surface area contributed by atoms with Crippen LogP contribution >= 0.6 is 0 Å². The molecule has 90 valence electrons. The highest BCUT2D eigenvalue weighted by Gasteiger charge is 2.17. The van der Waals surface area contributed by atoms with Gasteiger partial charge >= 0.3 is 0 Å². The summed E-state index contributed by atoms with van der Waals surface area (Å²) in [7, 11) is 1.77. The summed E-state index contributed by atoms with van der Waals surface area (Å²) in [5.74, 6) is 1.53. The molecule has 0 unspecified atom stereocenters. The summed E-state index contributed by atoms with van der Waals surface area (Å²) in [6.07, 6.45) is 0.631. The molecule has 0 amide bonds. The summed E-state index contributed by atoms with van der Waals surface area (Å²) in [4.78, 5) is 8.08. The number of nitrogens with one attached hydrogen (secondary N) is 2. The van der Waals surface area contributed by atoms with Crippen molar-refractivity contribution in [3.8, 4) is 0 Å². The predicted molar refractivity (Wildman–Crippen MR) is 65.4 cm³/mol. The van der Waals surface area contributed by atoms with E-state index in [1.54, 1.807) is 13.1 Å². The lowest BCUT2D eigenvalue weighted by molar-refractivity contribution is 0.260. The second-order valence-corrected chi connectivity index (χ2v) is 4.23. The molecular weight excluding hydrogens is 206 g/mol. The molecule has 16 heavy (non-hydrogen) atoms. The number of aliphatic hydroxyl groups is 1. The number of nitrogens with two attached hydrogens (primary N) is 1. The van der Waals surface area contributed by atoms with Gasteiger partial charge in [-0.05, 0) is 20.3 Å². The highest BCUT2D eigenvalue weighted by Crippen LogP contribution is 2.18. The van der Waals surface area contributed by atoms with Gasteiger partial charge in [-0.25, -0.2) is 0 Å². The predicted octanol–water partition coefficient (Wildman–Crippen LogP) is 0.673. The molecule has 1 aromatic heterocycles. The molecule has 6 heteroatoms. The van der Waals surface area contributed by atoms with Gasteiger partial charge in [-0.1, -0.05) is 0 Å². The van der Waals surface area contributed by atoms with Crippen LogP contribution in [0.15, 0.2) is 6.07 Å².